The summed E-state index contributed by atoms with van der Waals surface area (Å²) in [5, 5.41) is 5.22. The lowest BCUT2D eigenvalue weighted by molar-refractivity contribution is -0.120. The number of rotatable bonds is 7. The molecule has 146 valence electrons. The lowest BCUT2D eigenvalue weighted by Gasteiger charge is -2.29. The molecule has 1 aromatic rings. The number of fused-ring (bicyclic) bond motifs is 1. The molecule has 0 spiro atoms. The molecule has 1 aromatic carbocycles. The summed E-state index contributed by atoms with van der Waals surface area (Å²) in [6.45, 7) is 12.7. The number of sulfonamides is 1. The van der Waals surface area contributed by atoms with Crippen LogP contribution in [0.2, 0.25) is 0 Å². The topological polar surface area (TPSA) is 83.7 Å². The van der Waals surface area contributed by atoms with Crippen LogP contribution in [0.15, 0.2) is 23.1 Å². The largest absolute Gasteiger partial charge is 0.308 e. The zero-order chi connectivity index (χ0) is 19.6. The van der Waals surface area contributed by atoms with Gasteiger partial charge >= 0.3 is 0 Å². The van der Waals surface area contributed by atoms with E-state index in [0.717, 1.165) is 24.3 Å². The molecule has 0 saturated carbocycles. The van der Waals surface area contributed by atoms with Crippen LogP contribution >= 0.6 is 0 Å². The maximum atomic E-state index is 13.0. The summed E-state index contributed by atoms with van der Waals surface area (Å²) in [6, 6.07) is 4.78. The molecule has 26 heavy (non-hydrogen) atoms. The van der Waals surface area contributed by atoms with Gasteiger partial charge in [-0.1, -0.05) is 27.7 Å². The Bertz CT molecular complexity index is 749. The molecule has 1 atom stereocenters. The number of amides is 1. The van der Waals surface area contributed by atoms with Gasteiger partial charge in [0, 0.05) is 24.8 Å². The van der Waals surface area contributed by atoms with Crippen LogP contribution in [0.5, 0.6) is 0 Å². The van der Waals surface area contributed by atoms with E-state index >= 15 is 0 Å². The number of anilines is 1. The van der Waals surface area contributed by atoms with E-state index in [2.05, 4.69) is 32.6 Å². The first-order chi connectivity index (χ1) is 12.0. The molecule has 0 saturated heterocycles. The first kappa shape index (κ1) is 20.9. The summed E-state index contributed by atoms with van der Waals surface area (Å²) >= 11 is 0. The van der Waals surface area contributed by atoms with E-state index < -0.39 is 10.0 Å². The zero-order valence-corrected chi connectivity index (χ0v) is 17.2. The molecule has 0 aromatic heterocycles. The Labute approximate surface area is 157 Å². The van der Waals surface area contributed by atoms with Gasteiger partial charge in [0.2, 0.25) is 15.9 Å². The fraction of sp³-hybridized carbons (Fsp3) is 0.632. The lowest BCUT2D eigenvalue weighted by Crippen LogP contribution is -2.45. The first-order valence-electron chi connectivity index (χ1n) is 9.19. The summed E-state index contributed by atoms with van der Waals surface area (Å²) < 4.78 is 23.1. The third kappa shape index (κ3) is 5.05. The van der Waals surface area contributed by atoms with Gasteiger partial charge in [-0.3, -0.25) is 9.69 Å². The highest BCUT2D eigenvalue weighted by molar-refractivity contribution is 7.89. The minimum atomic E-state index is -3.74. The van der Waals surface area contributed by atoms with Crippen LogP contribution in [0.1, 0.15) is 40.2 Å². The smallest absolute Gasteiger partial charge is 0.241 e. The monoisotopic (exact) mass is 381 g/mol. The second-order valence-electron chi connectivity index (χ2n) is 8.13. The van der Waals surface area contributed by atoms with E-state index in [-0.39, 0.29) is 16.8 Å². The van der Waals surface area contributed by atoms with Gasteiger partial charge < -0.3 is 4.90 Å². The zero-order valence-electron chi connectivity index (χ0n) is 16.4. The fourth-order valence-electron chi connectivity index (χ4n) is 3.67. The Morgan fingerprint density at radius 1 is 1.23 bits per heavy atom. The highest BCUT2D eigenvalue weighted by Gasteiger charge is 2.32. The Hall–Kier alpha value is -1.44. The summed E-state index contributed by atoms with van der Waals surface area (Å²) in [4.78, 5) is 17.1. The van der Waals surface area contributed by atoms with Gasteiger partial charge in [0.25, 0.3) is 0 Å². The third-order valence-corrected chi connectivity index (χ3v) is 5.38. The van der Waals surface area contributed by atoms with Crippen LogP contribution in [0.3, 0.4) is 0 Å². The number of carbonyl (C=O) groups is 1. The second-order valence-corrected chi connectivity index (χ2v) is 9.70. The number of carbonyl (C=O) groups excluding carboxylic acids is 1. The van der Waals surface area contributed by atoms with E-state index in [1.165, 1.54) is 6.07 Å². The molecule has 6 nitrogen and oxygen atoms in total. The number of hydrogen-bond donors (Lipinski definition) is 1. The van der Waals surface area contributed by atoms with Crippen molar-refractivity contribution in [2.75, 3.05) is 24.5 Å². The Kier molecular flexibility index (Phi) is 6.47. The second kappa shape index (κ2) is 8.06. The standard InChI is InChI=1S/C19H31N3O3S/c1-13(2)10-21(11-14(3)4)12-19(23)22-15(5)8-16-9-17(26(20,24)25)6-7-18(16)22/h6-7,9,13-15H,8,10-12H2,1-5H3,(H2,20,24,25). The maximum absolute atomic E-state index is 13.0. The third-order valence-electron chi connectivity index (χ3n) is 4.47. The minimum absolute atomic E-state index is 0.00757. The van der Waals surface area contributed by atoms with Crippen molar-refractivity contribution < 1.29 is 13.2 Å². The molecule has 0 fully saturated rings. The number of benzene rings is 1. The number of nitrogens with zero attached hydrogens (tertiary/aromatic N) is 2. The fourth-order valence-corrected chi connectivity index (χ4v) is 4.23. The van der Waals surface area contributed by atoms with Crippen molar-refractivity contribution in [1.82, 2.24) is 4.90 Å². The number of nitrogens with two attached hydrogens (primary N) is 1. The molecular formula is C19H31N3O3S. The summed E-state index contributed by atoms with van der Waals surface area (Å²) in [5.41, 5.74) is 1.65. The van der Waals surface area contributed by atoms with Crippen LogP contribution in [0.4, 0.5) is 5.69 Å². The van der Waals surface area contributed by atoms with Crippen LogP contribution in [0, 0.1) is 11.8 Å². The average Bonchev–Trinajstić information content (AvgIpc) is 2.79. The average molecular weight is 382 g/mol. The molecule has 7 heteroatoms. The number of primary sulfonamides is 1. The van der Waals surface area contributed by atoms with Gasteiger partial charge in [-0.25, -0.2) is 13.6 Å². The molecule has 1 unspecified atom stereocenters. The van der Waals surface area contributed by atoms with Gasteiger partial charge in [-0.2, -0.15) is 0 Å². The Morgan fingerprint density at radius 2 is 1.81 bits per heavy atom. The molecule has 1 aliphatic rings. The van der Waals surface area contributed by atoms with Crippen LogP contribution in [0.25, 0.3) is 0 Å². The van der Waals surface area contributed by atoms with Crippen molar-refractivity contribution in [2.45, 2.75) is 52.0 Å². The summed E-state index contributed by atoms with van der Waals surface area (Å²) in [7, 11) is -3.74. The van der Waals surface area contributed by atoms with Gasteiger partial charge in [-0.15, -0.1) is 0 Å². The van der Waals surface area contributed by atoms with Crippen LogP contribution in [-0.4, -0.2) is 44.9 Å². The van der Waals surface area contributed by atoms with Crippen molar-refractivity contribution in [1.29, 1.82) is 0 Å². The van der Waals surface area contributed by atoms with Crippen LogP contribution in [-0.2, 0) is 21.2 Å². The maximum Gasteiger partial charge on any atom is 0.241 e. The van der Waals surface area contributed by atoms with Crippen LogP contribution < -0.4 is 10.0 Å². The van der Waals surface area contributed by atoms with E-state index in [9.17, 15) is 13.2 Å². The molecule has 0 radical (unpaired) electrons. The molecule has 1 amide bonds. The molecule has 1 heterocycles. The molecule has 1 aliphatic heterocycles. The van der Waals surface area contributed by atoms with Crippen molar-refractivity contribution in [3.8, 4) is 0 Å². The van der Waals surface area contributed by atoms with Gasteiger partial charge in [0.15, 0.2) is 0 Å². The van der Waals surface area contributed by atoms with Crippen molar-refractivity contribution >= 4 is 21.6 Å². The van der Waals surface area contributed by atoms with E-state index in [1.807, 2.05) is 6.92 Å². The first-order valence-corrected chi connectivity index (χ1v) is 10.7. The minimum Gasteiger partial charge on any atom is -0.308 e. The van der Waals surface area contributed by atoms with E-state index in [0.29, 0.717) is 24.8 Å². The SMILES string of the molecule is CC(C)CN(CC(=O)N1c2ccc(S(N)(=O)=O)cc2CC1C)CC(C)C. The lowest BCUT2D eigenvalue weighted by atomic mass is 10.1. The predicted octanol–water partition coefficient (Wildman–Crippen LogP) is 2.23. The molecule has 2 rings (SSSR count). The van der Waals surface area contributed by atoms with Gasteiger partial charge in [-0.05, 0) is 48.9 Å². The van der Waals surface area contributed by atoms with Crippen molar-refractivity contribution in [3.63, 3.8) is 0 Å². The van der Waals surface area contributed by atoms with Gasteiger partial charge in [0.05, 0.1) is 11.4 Å². The molecule has 0 aliphatic carbocycles. The van der Waals surface area contributed by atoms with E-state index in [4.69, 9.17) is 5.14 Å². The normalized spacial score (nSPS) is 17.4. The number of hydrogen-bond acceptors (Lipinski definition) is 4. The predicted molar refractivity (Wildman–Crippen MR) is 105 cm³/mol. The summed E-state index contributed by atoms with van der Waals surface area (Å²) in [5.74, 6) is 1.03. The Balaban J connectivity index is 2.22. The van der Waals surface area contributed by atoms with E-state index in [1.54, 1.807) is 17.0 Å². The molecular weight excluding hydrogens is 350 g/mol. The van der Waals surface area contributed by atoms with Gasteiger partial charge in [0.1, 0.15) is 0 Å². The quantitative estimate of drug-likeness (QED) is 0.785. The summed E-state index contributed by atoms with van der Waals surface area (Å²) in [6.07, 6.45) is 0.638. The Morgan fingerprint density at radius 3 is 2.31 bits per heavy atom. The van der Waals surface area contributed by atoms with Crippen molar-refractivity contribution in [2.24, 2.45) is 17.0 Å². The molecule has 2 N–H and O–H groups in total. The highest BCUT2D eigenvalue weighted by Crippen LogP contribution is 2.33. The highest BCUT2D eigenvalue weighted by atomic mass is 32.2. The van der Waals surface area contributed by atoms with Crippen molar-refractivity contribution in [3.05, 3.63) is 23.8 Å². The molecule has 0 bridgehead atoms.